The van der Waals surface area contributed by atoms with Crippen LogP contribution in [0.4, 0.5) is 11.4 Å². The van der Waals surface area contributed by atoms with Crippen LogP contribution >= 0.6 is 11.6 Å². The second-order valence-corrected chi connectivity index (χ2v) is 6.42. The minimum atomic E-state index is -0.412. The van der Waals surface area contributed by atoms with Gasteiger partial charge in [0, 0.05) is 30.4 Å². The van der Waals surface area contributed by atoms with Gasteiger partial charge in [0.15, 0.2) is 0 Å². The molecule has 3 N–H and O–H groups in total. The number of amides is 2. The topological polar surface area (TPSA) is 93.9 Å². The number of nitrogen functional groups attached to an aromatic ring is 1. The van der Waals surface area contributed by atoms with Crippen LogP contribution in [-0.2, 0) is 4.74 Å². The highest BCUT2D eigenvalue weighted by atomic mass is 35.5. The van der Waals surface area contributed by atoms with Gasteiger partial charge < -0.3 is 25.4 Å². The molecule has 0 aliphatic carbocycles. The molecule has 2 aromatic carbocycles. The molecule has 8 heteroatoms. The molecule has 1 aliphatic rings. The molecule has 3 rings (SSSR count). The first-order valence-corrected chi connectivity index (χ1v) is 8.79. The lowest BCUT2D eigenvalue weighted by Crippen LogP contribution is -2.40. The maximum Gasteiger partial charge on any atom is 0.259 e. The summed E-state index contributed by atoms with van der Waals surface area (Å²) in [5, 5.41) is 3.03. The molecule has 0 saturated carbocycles. The van der Waals surface area contributed by atoms with Gasteiger partial charge in [-0.05, 0) is 24.3 Å². The Morgan fingerprint density at radius 3 is 2.67 bits per heavy atom. The molecule has 0 spiro atoms. The van der Waals surface area contributed by atoms with Gasteiger partial charge in [0.2, 0.25) is 0 Å². The third-order valence-electron chi connectivity index (χ3n) is 4.23. The number of morpholine rings is 1. The Labute approximate surface area is 162 Å². The Kier molecular flexibility index (Phi) is 5.83. The molecule has 142 valence electrons. The van der Waals surface area contributed by atoms with E-state index < -0.39 is 5.91 Å². The minimum absolute atomic E-state index is 0.0949. The van der Waals surface area contributed by atoms with Crippen molar-refractivity contribution in [2.75, 3.05) is 44.5 Å². The summed E-state index contributed by atoms with van der Waals surface area (Å²) in [5.74, 6) is -0.192. The average Bonchev–Trinajstić information content (AvgIpc) is 2.70. The fourth-order valence-corrected chi connectivity index (χ4v) is 2.96. The number of carbonyl (C=O) groups excluding carboxylic acids is 2. The third-order valence-corrected chi connectivity index (χ3v) is 4.56. The van der Waals surface area contributed by atoms with Gasteiger partial charge >= 0.3 is 0 Å². The first-order chi connectivity index (χ1) is 13.0. The number of ether oxygens (including phenoxy) is 2. The van der Waals surface area contributed by atoms with Crippen molar-refractivity contribution in [3.8, 4) is 5.75 Å². The lowest BCUT2D eigenvalue weighted by molar-refractivity contribution is 0.0303. The molecular weight excluding hydrogens is 370 g/mol. The van der Waals surface area contributed by atoms with Gasteiger partial charge in [-0.25, -0.2) is 0 Å². The molecule has 1 saturated heterocycles. The number of benzene rings is 2. The molecule has 0 bridgehead atoms. The standard InChI is InChI=1S/C19H20ClN3O4/c1-26-17-11-16(21)15(20)10-14(17)18(24)22-13-4-2-3-12(9-13)19(25)23-5-7-27-8-6-23/h2-4,9-11H,5-8,21H2,1H3,(H,22,24). The average molecular weight is 390 g/mol. The number of anilines is 2. The predicted molar refractivity (Wildman–Crippen MR) is 104 cm³/mol. The lowest BCUT2D eigenvalue weighted by Gasteiger charge is -2.27. The van der Waals surface area contributed by atoms with Crippen molar-refractivity contribution in [3.05, 3.63) is 52.5 Å². The van der Waals surface area contributed by atoms with Crippen molar-refractivity contribution in [1.29, 1.82) is 0 Å². The van der Waals surface area contributed by atoms with Gasteiger partial charge in [0.1, 0.15) is 5.75 Å². The molecule has 0 atom stereocenters. The molecule has 0 unspecified atom stereocenters. The molecule has 1 aliphatic heterocycles. The highest BCUT2D eigenvalue weighted by Gasteiger charge is 2.20. The first kappa shape index (κ1) is 19.0. The van der Waals surface area contributed by atoms with Gasteiger partial charge in [0.05, 0.1) is 36.6 Å². The maximum absolute atomic E-state index is 12.6. The van der Waals surface area contributed by atoms with E-state index in [2.05, 4.69) is 5.32 Å². The zero-order chi connectivity index (χ0) is 19.4. The summed E-state index contributed by atoms with van der Waals surface area (Å²) in [5.41, 5.74) is 7.31. The van der Waals surface area contributed by atoms with Crippen LogP contribution in [0.3, 0.4) is 0 Å². The van der Waals surface area contributed by atoms with Crippen molar-refractivity contribution in [3.63, 3.8) is 0 Å². The largest absolute Gasteiger partial charge is 0.496 e. The van der Waals surface area contributed by atoms with Crippen molar-refractivity contribution in [2.45, 2.75) is 0 Å². The van der Waals surface area contributed by atoms with Crippen molar-refractivity contribution in [2.24, 2.45) is 0 Å². The number of rotatable bonds is 4. The number of halogens is 1. The summed E-state index contributed by atoms with van der Waals surface area (Å²) in [4.78, 5) is 27.0. The van der Waals surface area contributed by atoms with Crippen LogP contribution in [0, 0.1) is 0 Å². The van der Waals surface area contributed by atoms with Gasteiger partial charge in [-0.15, -0.1) is 0 Å². The fraction of sp³-hybridized carbons (Fsp3) is 0.263. The number of hydrogen-bond acceptors (Lipinski definition) is 5. The molecule has 27 heavy (non-hydrogen) atoms. The number of nitrogens with two attached hydrogens (primary N) is 1. The summed E-state index contributed by atoms with van der Waals surface area (Å²) in [6.45, 7) is 2.16. The van der Waals surface area contributed by atoms with Crippen LogP contribution in [-0.4, -0.2) is 50.1 Å². The number of hydrogen-bond donors (Lipinski definition) is 2. The number of nitrogens with one attached hydrogen (secondary N) is 1. The zero-order valence-corrected chi connectivity index (χ0v) is 15.6. The van der Waals surface area contributed by atoms with Crippen LogP contribution in [0.25, 0.3) is 0 Å². The van der Waals surface area contributed by atoms with E-state index in [1.54, 1.807) is 29.2 Å². The smallest absolute Gasteiger partial charge is 0.259 e. The summed E-state index contributed by atoms with van der Waals surface area (Å²) >= 11 is 6.02. The monoisotopic (exact) mass is 389 g/mol. The minimum Gasteiger partial charge on any atom is -0.496 e. The third kappa shape index (κ3) is 4.32. The summed E-state index contributed by atoms with van der Waals surface area (Å²) in [6.07, 6.45) is 0. The molecule has 7 nitrogen and oxygen atoms in total. The Morgan fingerprint density at radius 2 is 1.96 bits per heavy atom. The van der Waals surface area contributed by atoms with Crippen molar-refractivity contribution >= 4 is 34.8 Å². The Bertz CT molecular complexity index is 866. The van der Waals surface area contributed by atoms with Gasteiger partial charge in [-0.3, -0.25) is 9.59 Å². The SMILES string of the molecule is COc1cc(N)c(Cl)cc1C(=O)Nc1cccc(C(=O)N2CCOCC2)c1. The Morgan fingerprint density at radius 1 is 1.22 bits per heavy atom. The van der Waals surface area contributed by atoms with E-state index in [1.165, 1.54) is 19.2 Å². The van der Waals surface area contributed by atoms with E-state index in [-0.39, 0.29) is 16.5 Å². The van der Waals surface area contributed by atoms with E-state index in [0.717, 1.165) is 0 Å². The van der Waals surface area contributed by atoms with Crippen LogP contribution in [0.1, 0.15) is 20.7 Å². The second kappa shape index (κ2) is 8.28. The van der Waals surface area contributed by atoms with E-state index in [4.69, 9.17) is 26.8 Å². The van der Waals surface area contributed by atoms with E-state index in [9.17, 15) is 9.59 Å². The lowest BCUT2D eigenvalue weighted by atomic mass is 10.1. The summed E-state index contributed by atoms with van der Waals surface area (Å²) < 4.78 is 10.5. The van der Waals surface area contributed by atoms with Gasteiger partial charge in [-0.2, -0.15) is 0 Å². The molecule has 2 aromatic rings. The number of carbonyl (C=O) groups is 2. The first-order valence-electron chi connectivity index (χ1n) is 8.41. The Balaban J connectivity index is 1.79. The van der Waals surface area contributed by atoms with Gasteiger partial charge in [-0.1, -0.05) is 17.7 Å². The molecular formula is C19H20ClN3O4. The zero-order valence-electron chi connectivity index (χ0n) is 14.8. The van der Waals surface area contributed by atoms with Crippen LogP contribution < -0.4 is 15.8 Å². The molecule has 1 fully saturated rings. The van der Waals surface area contributed by atoms with E-state index in [0.29, 0.717) is 49.0 Å². The quantitative estimate of drug-likeness (QED) is 0.784. The Hall–Kier alpha value is -2.77. The van der Waals surface area contributed by atoms with Crippen LogP contribution in [0.15, 0.2) is 36.4 Å². The van der Waals surface area contributed by atoms with Crippen LogP contribution in [0.5, 0.6) is 5.75 Å². The second-order valence-electron chi connectivity index (χ2n) is 6.01. The molecule has 1 heterocycles. The van der Waals surface area contributed by atoms with Crippen molar-refractivity contribution in [1.82, 2.24) is 4.90 Å². The van der Waals surface area contributed by atoms with Crippen molar-refractivity contribution < 1.29 is 19.1 Å². The highest BCUT2D eigenvalue weighted by Crippen LogP contribution is 2.29. The van der Waals surface area contributed by atoms with E-state index >= 15 is 0 Å². The molecule has 0 aromatic heterocycles. The molecule has 0 radical (unpaired) electrons. The summed E-state index contributed by atoms with van der Waals surface area (Å²) in [7, 11) is 1.45. The summed E-state index contributed by atoms with van der Waals surface area (Å²) in [6, 6.07) is 9.73. The fourth-order valence-electron chi connectivity index (χ4n) is 2.79. The number of methoxy groups -OCH3 is 1. The van der Waals surface area contributed by atoms with E-state index in [1.807, 2.05) is 0 Å². The van der Waals surface area contributed by atoms with Gasteiger partial charge in [0.25, 0.3) is 11.8 Å². The predicted octanol–water partition coefficient (Wildman–Crippen LogP) is 2.66. The normalized spacial score (nSPS) is 13.9. The highest BCUT2D eigenvalue weighted by molar-refractivity contribution is 6.33. The van der Waals surface area contributed by atoms with Crippen LogP contribution in [0.2, 0.25) is 5.02 Å². The maximum atomic E-state index is 12.6. The number of nitrogens with zero attached hydrogens (tertiary/aromatic N) is 1. The molecule has 2 amide bonds.